The van der Waals surface area contributed by atoms with Gasteiger partial charge in [-0.2, -0.15) is 0 Å². The van der Waals surface area contributed by atoms with Gasteiger partial charge in [-0.1, -0.05) is 0 Å². The van der Waals surface area contributed by atoms with Gasteiger partial charge in [-0.05, 0) is 31.5 Å². The molecule has 1 aromatic carbocycles. The molecule has 1 amide bonds. The van der Waals surface area contributed by atoms with E-state index in [0.29, 0.717) is 31.0 Å². The van der Waals surface area contributed by atoms with E-state index in [1.807, 2.05) is 6.92 Å². The highest BCUT2D eigenvalue weighted by atomic mass is 19.1. The quantitative estimate of drug-likeness (QED) is 0.644. The lowest BCUT2D eigenvalue weighted by atomic mass is 10.1. The van der Waals surface area contributed by atoms with Crippen molar-refractivity contribution in [3.8, 4) is 0 Å². The van der Waals surface area contributed by atoms with Crippen molar-refractivity contribution in [2.24, 2.45) is 0 Å². The minimum absolute atomic E-state index is 0.00602. The third-order valence-electron chi connectivity index (χ3n) is 2.63. The minimum Gasteiger partial charge on any atom is -0.399 e. The molecule has 18 heavy (non-hydrogen) atoms. The summed E-state index contributed by atoms with van der Waals surface area (Å²) < 4.78 is 19.0. The molecule has 0 aromatic heterocycles. The number of aryl methyl sites for hydroxylation is 1. The Hall–Kier alpha value is -1.62. The second kappa shape index (κ2) is 6.35. The zero-order chi connectivity index (χ0) is 13.7. The first-order chi connectivity index (χ1) is 8.47. The Morgan fingerprint density at radius 1 is 1.50 bits per heavy atom. The average molecular weight is 254 g/mol. The molecule has 0 aliphatic rings. The SMILES string of the molecule is CCOCCN(C)C(=O)c1cc(N)cc(C)c1F. The minimum atomic E-state index is -0.516. The highest BCUT2D eigenvalue weighted by molar-refractivity contribution is 5.95. The molecule has 100 valence electrons. The molecule has 0 spiro atoms. The van der Waals surface area contributed by atoms with Crippen molar-refractivity contribution < 1.29 is 13.9 Å². The second-order valence-electron chi connectivity index (χ2n) is 4.12. The molecule has 0 atom stereocenters. The van der Waals surface area contributed by atoms with Crippen LogP contribution < -0.4 is 5.73 Å². The number of nitrogen functional groups attached to an aromatic ring is 1. The van der Waals surface area contributed by atoms with Gasteiger partial charge in [0.2, 0.25) is 0 Å². The summed E-state index contributed by atoms with van der Waals surface area (Å²) in [5.74, 6) is -0.903. The van der Waals surface area contributed by atoms with Crippen LogP contribution in [0.15, 0.2) is 12.1 Å². The van der Waals surface area contributed by atoms with Gasteiger partial charge < -0.3 is 15.4 Å². The van der Waals surface area contributed by atoms with Gasteiger partial charge in [0.1, 0.15) is 5.82 Å². The number of nitrogens with two attached hydrogens (primary N) is 1. The molecule has 0 saturated heterocycles. The fraction of sp³-hybridized carbons (Fsp3) is 0.462. The molecule has 0 aliphatic carbocycles. The van der Waals surface area contributed by atoms with Gasteiger partial charge in [0.25, 0.3) is 5.91 Å². The number of carbonyl (C=O) groups excluding carboxylic acids is 1. The van der Waals surface area contributed by atoms with Gasteiger partial charge in [-0.25, -0.2) is 4.39 Å². The topological polar surface area (TPSA) is 55.6 Å². The zero-order valence-electron chi connectivity index (χ0n) is 11.0. The van der Waals surface area contributed by atoms with Crippen molar-refractivity contribution in [1.82, 2.24) is 4.90 Å². The molecule has 1 aromatic rings. The number of nitrogens with zero attached hydrogens (tertiary/aromatic N) is 1. The van der Waals surface area contributed by atoms with Crippen molar-refractivity contribution in [2.45, 2.75) is 13.8 Å². The molecule has 5 heteroatoms. The lowest BCUT2D eigenvalue weighted by Crippen LogP contribution is -2.31. The number of anilines is 1. The van der Waals surface area contributed by atoms with Crippen LogP contribution in [0, 0.1) is 12.7 Å². The predicted molar refractivity (Wildman–Crippen MR) is 69.0 cm³/mol. The number of likely N-dealkylation sites (N-methyl/N-ethyl adjacent to an activating group) is 1. The average Bonchev–Trinajstić information content (AvgIpc) is 2.33. The van der Waals surface area contributed by atoms with E-state index in [1.54, 1.807) is 14.0 Å². The fourth-order valence-electron chi connectivity index (χ4n) is 1.61. The molecular formula is C13H19FN2O2. The standard InChI is InChI=1S/C13H19FN2O2/c1-4-18-6-5-16(3)13(17)11-8-10(15)7-9(2)12(11)14/h7-8H,4-6,15H2,1-3H3. The van der Waals surface area contributed by atoms with E-state index in [0.717, 1.165) is 0 Å². The van der Waals surface area contributed by atoms with Gasteiger partial charge in [0, 0.05) is 25.9 Å². The monoisotopic (exact) mass is 254 g/mol. The summed E-state index contributed by atoms with van der Waals surface area (Å²) in [7, 11) is 1.61. The van der Waals surface area contributed by atoms with E-state index >= 15 is 0 Å². The molecule has 0 heterocycles. The van der Waals surface area contributed by atoms with Crippen LogP contribution in [0.4, 0.5) is 10.1 Å². The van der Waals surface area contributed by atoms with Gasteiger partial charge in [-0.3, -0.25) is 4.79 Å². The molecule has 2 N–H and O–H groups in total. The van der Waals surface area contributed by atoms with Crippen LogP contribution in [-0.2, 0) is 4.74 Å². The summed E-state index contributed by atoms with van der Waals surface area (Å²) in [4.78, 5) is 13.5. The maximum absolute atomic E-state index is 13.8. The van der Waals surface area contributed by atoms with Gasteiger partial charge >= 0.3 is 0 Å². The van der Waals surface area contributed by atoms with Gasteiger partial charge in [-0.15, -0.1) is 0 Å². The Bertz CT molecular complexity index is 435. The van der Waals surface area contributed by atoms with E-state index in [4.69, 9.17) is 10.5 Å². The molecule has 0 unspecified atom stereocenters. The van der Waals surface area contributed by atoms with Crippen molar-refractivity contribution >= 4 is 11.6 Å². The van der Waals surface area contributed by atoms with Crippen LogP contribution in [0.5, 0.6) is 0 Å². The van der Waals surface area contributed by atoms with Crippen LogP contribution in [0.25, 0.3) is 0 Å². The van der Waals surface area contributed by atoms with E-state index in [-0.39, 0.29) is 11.5 Å². The van der Waals surface area contributed by atoms with Crippen LogP contribution in [0.3, 0.4) is 0 Å². The molecule has 0 bridgehead atoms. The summed E-state index contributed by atoms with van der Waals surface area (Å²) in [6.45, 7) is 4.90. The van der Waals surface area contributed by atoms with Crippen molar-refractivity contribution in [3.63, 3.8) is 0 Å². The molecule has 0 radical (unpaired) electrons. The Balaban J connectivity index is 2.83. The van der Waals surface area contributed by atoms with Crippen LogP contribution in [0.2, 0.25) is 0 Å². The van der Waals surface area contributed by atoms with E-state index in [1.165, 1.54) is 17.0 Å². The molecule has 0 saturated carbocycles. The van der Waals surface area contributed by atoms with Crippen molar-refractivity contribution in [2.75, 3.05) is 32.5 Å². The smallest absolute Gasteiger partial charge is 0.256 e. The number of halogens is 1. The highest BCUT2D eigenvalue weighted by Crippen LogP contribution is 2.18. The Kier molecular flexibility index (Phi) is 5.09. The summed E-state index contributed by atoms with van der Waals surface area (Å²) in [6, 6.07) is 2.87. The predicted octanol–water partition coefficient (Wildman–Crippen LogP) is 1.82. The molecule has 1 rings (SSSR count). The second-order valence-corrected chi connectivity index (χ2v) is 4.12. The van der Waals surface area contributed by atoms with Crippen molar-refractivity contribution in [1.29, 1.82) is 0 Å². The number of hydrogen-bond donors (Lipinski definition) is 1. The lowest BCUT2D eigenvalue weighted by molar-refractivity contribution is 0.0705. The molecule has 4 nitrogen and oxygen atoms in total. The third-order valence-corrected chi connectivity index (χ3v) is 2.63. The summed E-state index contributed by atoms with van der Waals surface area (Å²) in [5.41, 5.74) is 6.39. The number of ether oxygens (including phenoxy) is 1. The highest BCUT2D eigenvalue weighted by Gasteiger charge is 2.18. The number of carbonyl (C=O) groups is 1. The van der Waals surface area contributed by atoms with Crippen LogP contribution in [-0.4, -0.2) is 37.6 Å². The van der Waals surface area contributed by atoms with Gasteiger partial charge in [0.15, 0.2) is 0 Å². The lowest BCUT2D eigenvalue weighted by Gasteiger charge is -2.18. The third kappa shape index (κ3) is 3.43. The first-order valence-electron chi connectivity index (χ1n) is 5.86. The molecule has 0 aliphatic heterocycles. The number of rotatable bonds is 5. The number of amides is 1. The zero-order valence-corrected chi connectivity index (χ0v) is 11.0. The van der Waals surface area contributed by atoms with E-state index in [9.17, 15) is 9.18 Å². The van der Waals surface area contributed by atoms with E-state index < -0.39 is 5.82 Å². The largest absolute Gasteiger partial charge is 0.399 e. The first-order valence-corrected chi connectivity index (χ1v) is 5.86. The fourth-order valence-corrected chi connectivity index (χ4v) is 1.61. The van der Waals surface area contributed by atoms with Gasteiger partial charge in [0.05, 0.1) is 12.2 Å². The van der Waals surface area contributed by atoms with Crippen molar-refractivity contribution in [3.05, 3.63) is 29.1 Å². The number of benzene rings is 1. The maximum Gasteiger partial charge on any atom is 0.256 e. The normalized spacial score (nSPS) is 10.4. The number of hydrogen-bond acceptors (Lipinski definition) is 3. The maximum atomic E-state index is 13.8. The van der Waals surface area contributed by atoms with E-state index in [2.05, 4.69) is 0 Å². The first kappa shape index (κ1) is 14.4. The Morgan fingerprint density at radius 2 is 2.17 bits per heavy atom. The Morgan fingerprint density at radius 3 is 2.78 bits per heavy atom. The molecule has 0 fully saturated rings. The summed E-state index contributed by atoms with van der Waals surface area (Å²) >= 11 is 0. The van der Waals surface area contributed by atoms with Crippen LogP contribution >= 0.6 is 0 Å². The summed E-state index contributed by atoms with van der Waals surface area (Å²) in [6.07, 6.45) is 0. The van der Waals surface area contributed by atoms with Crippen LogP contribution in [0.1, 0.15) is 22.8 Å². The summed E-state index contributed by atoms with van der Waals surface area (Å²) in [5, 5.41) is 0. The Labute approximate surface area is 107 Å². The molecular weight excluding hydrogens is 235 g/mol.